The van der Waals surface area contributed by atoms with Crippen LogP contribution in [0.2, 0.25) is 0 Å². The molecule has 1 heterocycles. The average molecular weight is 290 g/mol. The van der Waals surface area contributed by atoms with Crippen molar-refractivity contribution in [2.45, 2.75) is 37.8 Å². The molecule has 1 aliphatic rings. The summed E-state index contributed by atoms with van der Waals surface area (Å²) >= 11 is 0. The van der Waals surface area contributed by atoms with E-state index in [2.05, 4.69) is 0 Å². The lowest BCUT2D eigenvalue weighted by molar-refractivity contribution is -0.163. The maximum absolute atomic E-state index is 10.4. The van der Waals surface area contributed by atoms with Crippen molar-refractivity contribution in [3.8, 4) is 11.5 Å². The standard InChI is InChI=1S/C16H18O5/c1-8-15(19)13(18)7-14(21-8)11-6-5-9-10(16(11)20)3-2-4-12(9)17/h2-6,8,13-15,17-20H,7H2,1H3/t8-,13-,14-,15-/m1/s1. The monoisotopic (exact) mass is 290 g/mol. The Kier molecular flexibility index (Phi) is 3.49. The Labute approximate surface area is 122 Å². The van der Waals surface area contributed by atoms with Crippen molar-refractivity contribution in [3.05, 3.63) is 35.9 Å². The summed E-state index contributed by atoms with van der Waals surface area (Å²) in [6, 6.07) is 8.32. The van der Waals surface area contributed by atoms with Crippen molar-refractivity contribution >= 4 is 10.8 Å². The summed E-state index contributed by atoms with van der Waals surface area (Å²) in [5.74, 6) is 0.131. The number of benzene rings is 2. The second-order valence-electron chi connectivity index (χ2n) is 5.50. The zero-order chi connectivity index (χ0) is 15.1. The Balaban J connectivity index is 2.03. The Morgan fingerprint density at radius 3 is 2.52 bits per heavy atom. The van der Waals surface area contributed by atoms with Crippen molar-refractivity contribution in [1.29, 1.82) is 0 Å². The molecule has 112 valence electrons. The molecule has 4 atom stereocenters. The van der Waals surface area contributed by atoms with Gasteiger partial charge >= 0.3 is 0 Å². The van der Waals surface area contributed by atoms with E-state index in [1.807, 2.05) is 0 Å². The molecule has 0 bridgehead atoms. The van der Waals surface area contributed by atoms with E-state index in [4.69, 9.17) is 4.74 Å². The molecule has 0 aliphatic carbocycles. The molecule has 1 aliphatic heterocycles. The zero-order valence-corrected chi connectivity index (χ0v) is 11.6. The molecule has 0 unspecified atom stereocenters. The minimum Gasteiger partial charge on any atom is -0.507 e. The van der Waals surface area contributed by atoms with E-state index < -0.39 is 24.4 Å². The van der Waals surface area contributed by atoms with Gasteiger partial charge < -0.3 is 25.2 Å². The fraction of sp³-hybridized carbons (Fsp3) is 0.375. The maximum atomic E-state index is 10.4. The molecule has 0 amide bonds. The van der Waals surface area contributed by atoms with Crippen molar-refractivity contribution < 1.29 is 25.2 Å². The quantitative estimate of drug-likeness (QED) is 0.643. The number of hydrogen-bond acceptors (Lipinski definition) is 5. The highest BCUT2D eigenvalue weighted by molar-refractivity contribution is 5.93. The molecule has 4 N–H and O–H groups in total. The number of phenols is 2. The second-order valence-corrected chi connectivity index (χ2v) is 5.50. The minimum absolute atomic E-state index is 0.0317. The predicted octanol–water partition coefficient (Wildman–Crippen LogP) is 1.82. The number of phenolic OH excluding ortho intramolecular Hbond substituents is 2. The Morgan fingerprint density at radius 1 is 1.05 bits per heavy atom. The molecule has 0 spiro atoms. The SMILES string of the molecule is C[C@H]1O[C@@H](c2ccc3c(O)cccc3c2O)C[C@@H](O)[C@@H]1O. The lowest BCUT2D eigenvalue weighted by Gasteiger charge is -2.36. The first-order valence-corrected chi connectivity index (χ1v) is 6.94. The largest absolute Gasteiger partial charge is 0.507 e. The van der Waals surface area contributed by atoms with E-state index in [-0.39, 0.29) is 17.9 Å². The molecule has 2 aromatic carbocycles. The molecule has 0 aromatic heterocycles. The lowest BCUT2D eigenvalue weighted by atomic mass is 9.92. The van der Waals surface area contributed by atoms with Gasteiger partial charge in [0.2, 0.25) is 0 Å². The summed E-state index contributed by atoms with van der Waals surface area (Å²) in [6.07, 6.45) is -2.61. The van der Waals surface area contributed by atoms with Crippen LogP contribution in [0.1, 0.15) is 25.0 Å². The molecular weight excluding hydrogens is 272 g/mol. The first-order valence-electron chi connectivity index (χ1n) is 6.94. The van der Waals surface area contributed by atoms with Crippen molar-refractivity contribution in [2.24, 2.45) is 0 Å². The fourth-order valence-electron chi connectivity index (χ4n) is 2.87. The number of hydrogen-bond donors (Lipinski definition) is 4. The van der Waals surface area contributed by atoms with Gasteiger partial charge in [-0.1, -0.05) is 24.3 Å². The van der Waals surface area contributed by atoms with Gasteiger partial charge in [0.15, 0.2) is 0 Å². The van der Waals surface area contributed by atoms with E-state index in [1.54, 1.807) is 37.3 Å². The molecule has 5 nitrogen and oxygen atoms in total. The van der Waals surface area contributed by atoms with Crippen molar-refractivity contribution in [1.82, 2.24) is 0 Å². The molecule has 1 saturated heterocycles. The molecular formula is C16H18O5. The van der Waals surface area contributed by atoms with Gasteiger partial charge in [-0.2, -0.15) is 0 Å². The topological polar surface area (TPSA) is 90.2 Å². The van der Waals surface area contributed by atoms with E-state index in [0.717, 1.165) is 0 Å². The van der Waals surface area contributed by atoms with Crippen molar-refractivity contribution in [3.63, 3.8) is 0 Å². The van der Waals surface area contributed by atoms with Crippen LogP contribution in [0.15, 0.2) is 30.3 Å². The van der Waals surface area contributed by atoms with E-state index in [1.165, 1.54) is 0 Å². The molecule has 0 saturated carbocycles. The van der Waals surface area contributed by atoms with Crippen LogP contribution in [-0.2, 0) is 4.74 Å². The Bertz CT molecular complexity index is 657. The first-order chi connectivity index (χ1) is 9.99. The Hall–Kier alpha value is -1.82. The van der Waals surface area contributed by atoms with Gasteiger partial charge in [0, 0.05) is 22.8 Å². The lowest BCUT2D eigenvalue weighted by Crippen LogP contribution is -2.43. The van der Waals surface area contributed by atoms with E-state index >= 15 is 0 Å². The minimum atomic E-state index is -0.923. The number of aliphatic hydroxyl groups is 2. The normalized spacial score (nSPS) is 29.7. The molecule has 5 heteroatoms. The third-order valence-electron chi connectivity index (χ3n) is 4.10. The molecule has 0 radical (unpaired) electrons. The van der Waals surface area contributed by atoms with Crippen molar-refractivity contribution in [2.75, 3.05) is 0 Å². The second kappa shape index (κ2) is 5.18. The van der Waals surface area contributed by atoms with E-state index in [9.17, 15) is 20.4 Å². The summed E-state index contributed by atoms with van der Waals surface area (Å²) in [6.45, 7) is 1.68. The average Bonchev–Trinajstić information content (AvgIpc) is 2.45. The number of ether oxygens (including phenoxy) is 1. The fourth-order valence-corrected chi connectivity index (χ4v) is 2.87. The van der Waals surface area contributed by atoms with Crippen LogP contribution in [0.25, 0.3) is 10.8 Å². The zero-order valence-electron chi connectivity index (χ0n) is 11.6. The van der Waals surface area contributed by atoms with Crippen LogP contribution in [0.3, 0.4) is 0 Å². The van der Waals surface area contributed by atoms with Gasteiger partial charge in [-0.05, 0) is 13.0 Å². The summed E-state index contributed by atoms with van der Waals surface area (Å²) in [5, 5.41) is 40.9. The first kappa shape index (κ1) is 14.1. The van der Waals surface area contributed by atoms with Gasteiger partial charge in [-0.3, -0.25) is 0 Å². The summed E-state index contributed by atoms with van der Waals surface area (Å²) in [4.78, 5) is 0. The Morgan fingerprint density at radius 2 is 1.81 bits per heavy atom. The van der Waals surface area contributed by atoms with Crippen LogP contribution in [-0.4, -0.2) is 38.7 Å². The van der Waals surface area contributed by atoms with Crippen LogP contribution in [0.4, 0.5) is 0 Å². The van der Waals surface area contributed by atoms with Gasteiger partial charge in [0.05, 0.1) is 18.3 Å². The van der Waals surface area contributed by atoms with Crippen LogP contribution < -0.4 is 0 Å². The smallest absolute Gasteiger partial charge is 0.129 e. The molecule has 2 aromatic rings. The van der Waals surface area contributed by atoms with Gasteiger partial charge in [-0.15, -0.1) is 0 Å². The number of fused-ring (bicyclic) bond motifs is 1. The van der Waals surface area contributed by atoms with Gasteiger partial charge in [-0.25, -0.2) is 0 Å². The summed E-state index contributed by atoms with van der Waals surface area (Å²) < 4.78 is 5.68. The third kappa shape index (κ3) is 2.33. The van der Waals surface area contributed by atoms with Crippen LogP contribution >= 0.6 is 0 Å². The summed E-state index contributed by atoms with van der Waals surface area (Å²) in [7, 11) is 0. The number of aliphatic hydroxyl groups excluding tert-OH is 2. The highest BCUT2D eigenvalue weighted by Crippen LogP contribution is 2.41. The highest BCUT2D eigenvalue weighted by atomic mass is 16.5. The van der Waals surface area contributed by atoms with Crippen LogP contribution in [0, 0.1) is 0 Å². The maximum Gasteiger partial charge on any atom is 0.129 e. The van der Waals surface area contributed by atoms with Gasteiger partial charge in [0.25, 0.3) is 0 Å². The summed E-state index contributed by atoms with van der Waals surface area (Å²) in [5.41, 5.74) is 0.547. The molecule has 21 heavy (non-hydrogen) atoms. The van der Waals surface area contributed by atoms with E-state index in [0.29, 0.717) is 16.3 Å². The highest BCUT2D eigenvalue weighted by Gasteiger charge is 2.35. The van der Waals surface area contributed by atoms with Crippen LogP contribution in [0.5, 0.6) is 11.5 Å². The molecule has 3 rings (SSSR count). The van der Waals surface area contributed by atoms with Gasteiger partial charge in [0.1, 0.15) is 17.6 Å². The molecule has 1 fully saturated rings. The third-order valence-corrected chi connectivity index (χ3v) is 4.10. The predicted molar refractivity (Wildman–Crippen MR) is 77.2 cm³/mol. The number of aromatic hydroxyl groups is 2. The number of rotatable bonds is 1.